The zero-order valence-corrected chi connectivity index (χ0v) is 18.5. The molecule has 8 heteroatoms. The molecular formula is C23H25Cl2N5O. The van der Waals surface area contributed by atoms with Crippen molar-refractivity contribution >= 4 is 45.8 Å². The van der Waals surface area contributed by atoms with Gasteiger partial charge in [0.15, 0.2) is 0 Å². The molecule has 6 N–H and O–H groups in total. The lowest BCUT2D eigenvalue weighted by Crippen LogP contribution is -2.41. The van der Waals surface area contributed by atoms with Crippen molar-refractivity contribution in [3.05, 3.63) is 69.3 Å². The summed E-state index contributed by atoms with van der Waals surface area (Å²) >= 11 is 12.6. The van der Waals surface area contributed by atoms with Gasteiger partial charge in [-0.1, -0.05) is 47.5 Å². The SMILES string of the molecule is N=C(N)c1ccc2cc(C(=O)NC3CCC(N)CC3)n(Cc3cccc(Cl)c3Cl)c2c1. The number of nitrogens with zero attached hydrogens (tertiary/aromatic N) is 1. The fourth-order valence-electron chi connectivity index (χ4n) is 4.14. The van der Waals surface area contributed by atoms with Crippen molar-refractivity contribution in [2.24, 2.45) is 11.5 Å². The predicted octanol–water partition coefficient (Wildman–Crippen LogP) is 4.28. The second-order valence-electron chi connectivity index (χ2n) is 8.10. The van der Waals surface area contributed by atoms with Crippen molar-refractivity contribution in [2.75, 3.05) is 0 Å². The highest BCUT2D eigenvalue weighted by molar-refractivity contribution is 6.42. The van der Waals surface area contributed by atoms with E-state index in [9.17, 15) is 4.79 Å². The van der Waals surface area contributed by atoms with E-state index in [4.69, 9.17) is 40.1 Å². The van der Waals surface area contributed by atoms with E-state index >= 15 is 0 Å². The molecule has 1 amide bonds. The summed E-state index contributed by atoms with van der Waals surface area (Å²) in [6, 6.07) is 13.1. The lowest BCUT2D eigenvalue weighted by atomic mass is 9.92. The molecule has 1 aliphatic carbocycles. The van der Waals surface area contributed by atoms with Crippen LogP contribution in [0.5, 0.6) is 0 Å². The van der Waals surface area contributed by atoms with Crippen molar-refractivity contribution in [1.82, 2.24) is 9.88 Å². The summed E-state index contributed by atoms with van der Waals surface area (Å²) in [6.45, 7) is 0.364. The zero-order valence-electron chi connectivity index (χ0n) is 17.0. The first-order chi connectivity index (χ1) is 14.8. The summed E-state index contributed by atoms with van der Waals surface area (Å²) in [7, 11) is 0. The largest absolute Gasteiger partial charge is 0.384 e. The Kier molecular flexibility index (Phi) is 6.23. The van der Waals surface area contributed by atoms with E-state index < -0.39 is 0 Å². The Morgan fingerprint density at radius 2 is 1.87 bits per heavy atom. The van der Waals surface area contributed by atoms with Crippen LogP contribution in [0.3, 0.4) is 0 Å². The van der Waals surface area contributed by atoms with E-state index in [0.29, 0.717) is 27.8 Å². The molecule has 0 radical (unpaired) electrons. The minimum Gasteiger partial charge on any atom is -0.384 e. The third-order valence-electron chi connectivity index (χ3n) is 5.91. The van der Waals surface area contributed by atoms with Crippen LogP contribution in [-0.4, -0.2) is 28.4 Å². The molecule has 1 aliphatic rings. The maximum atomic E-state index is 13.3. The van der Waals surface area contributed by atoms with Crippen LogP contribution in [-0.2, 0) is 6.54 Å². The number of aromatic nitrogens is 1. The summed E-state index contributed by atoms with van der Waals surface area (Å²) in [5, 5.41) is 12.8. The smallest absolute Gasteiger partial charge is 0.268 e. The molecule has 4 rings (SSSR count). The molecule has 162 valence electrons. The van der Waals surface area contributed by atoms with Gasteiger partial charge in [0.2, 0.25) is 0 Å². The summed E-state index contributed by atoms with van der Waals surface area (Å²) < 4.78 is 1.91. The third kappa shape index (κ3) is 4.56. The number of amidine groups is 1. The Morgan fingerprint density at radius 1 is 1.13 bits per heavy atom. The lowest BCUT2D eigenvalue weighted by Gasteiger charge is -2.27. The van der Waals surface area contributed by atoms with Crippen LogP contribution < -0.4 is 16.8 Å². The van der Waals surface area contributed by atoms with Crippen molar-refractivity contribution in [2.45, 2.75) is 44.3 Å². The monoisotopic (exact) mass is 457 g/mol. The minimum absolute atomic E-state index is 0.0278. The quantitative estimate of drug-likeness (QED) is 0.338. The lowest BCUT2D eigenvalue weighted by molar-refractivity contribution is 0.0917. The van der Waals surface area contributed by atoms with E-state index in [1.54, 1.807) is 12.1 Å². The van der Waals surface area contributed by atoms with Crippen LogP contribution in [0, 0.1) is 5.41 Å². The molecule has 6 nitrogen and oxygen atoms in total. The van der Waals surface area contributed by atoms with Gasteiger partial charge in [0, 0.05) is 35.1 Å². The third-order valence-corrected chi connectivity index (χ3v) is 6.77. The van der Waals surface area contributed by atoms with Crippen LogP contribution in [0.2, 0.25) is 10.0 Å². The van der Waals surface area contributed by atoms with E-state index in [-0.39, 0.29) is 23.8 Å². The number of halogens is 2. The first kappa shape index (κ1) is 21.7. The highest BCUT2D eigenvalue weighted by Crippen LogP contribution is 2.29. The van der Waals surface area contributed by atoms with Gasteiger partial charge in [-0.15, -0.1) is 0 Å². The first-order valence-electron chi connectivity index (χ1n) is 10.3. The van der Waals surface area contributed by atoms with Gasteiger partial charge >= 0.3 is 0 Å². The Morgan fingerprint density at radius 3 is 2.58 bits per heavy atom. The summed E-state index contributed by atoms with van der Waals surface area (Å²) in [5.74, 6) is -0.167. The number of hydrogen-bond donors (Lipinski definition) is 4. The van der Waals surface area contributed by atoms with E-state index in [0.717, 1.165) is 42.1 Å². The second kappa shape index (κ2) is 8.91. The van der Waals surface area contributed by atoms with Gasteiger partial charge in [0.1, 0.15) is 11.5 Å². The van der Waals surface area contributed by atoms with Crippen molar-refractivity contribution < 1.29 is 4.79 Å². The number of nitrogens with two attached hydrogens (primary N) is 2. The molecule has 3 aromatic rings. The Labute approximate surface area is 191 Å². The van der Waals surface area contributed by atoms with Crippen LogP contribution in [0.25, 0.3) is 10.9 Å². The molecule has 0 bridgehead atoms. The number of fused-ring (bicyclic) bond motifs is 1. The molecule has 1 saturated carbocycles. The van der Waals surface area contributed by atoms with Gasteiger partial charge in [-0.25, -0.2) is 0 Å². The summed E-state index contributed by atoms with van der Waals surface area (Å²) in [6.07, 6.45) is 3.57. The molecule has 0 atom stereocenters. The molecule has 1 aromatic heterocycles. The normalized spacial score (nSPS) is 18.8. The average Bonchev–Trinajstić information content (AvgIpc) is 3.11. The number of benzene rings is 2. The fourth-order valence-corrected chi connectivity index (χ4v) is 4.52. The standard InChI is InChI=1S/C23H25Cl2N5O/c24-18-3-1-2-15(21(18)25)12-30-19-11-14(22(27)28)5-4-13(19)10-20(30)23(31)29-17-8-6-16(26)7-9-17/h1-5,10-11,16-17H,6-9,12,26H2,(H3,27,28)(H,29,31). The number of carbonyl (C=O) groups is 1. The van der Waals surface area contributed by atoms with Crippen LogP contribution >= 0.6 is 23.2 Å². The number of nitrogens with one attached hydrogen (secondary N) is 2. The minimum atomic E-state index is -0.140. The van der Waals surface area contributed by atoms with Gasteiger partial charge in [-0.3, -0.25) is 10.2 Å². The van der Waals surface area contributed by atoms with Crippen LogP contribution in [0.4, 0.5) is 0 Å². The molecule has 31 heavy (non-hydrogen) atoms. The Hall–Kier alpha value is -2.54. The highest BCUT2D eigenvalue weighted by atomic mass is 35.5. The molecule has 0 spiro atoms. The number of nitrogen functional groups attached to an aromatic ring is 1. The van der Waals surface area contributed by atoms with E-state index in [1.165, 1.54) is 0 Å². The van der Waals surface area contributed by atoms with Crippen molar-refractivity contribution in [1.29, 1.82) is 5.41 Å². The van der Waals surface area contributed by atoms with E-state index in [2.05, 4.69) is 5.32 Å². The molecule has 1 fully saturated rings. The number of amides is 1. The molecular weight excluding hydrogens is 433 g/mol. The van der Waals surface area contributed by atoms with Gasteiger partial charge in [-0.05, 0) is 49.4 Å². The van der Waals surface area contributed by atoms with Gasteiger partial charge in [0.05, 0.1) is 10.0 Å². The highest BCUT2D eigenvalue weighted by Gasteiger charge is 2.23. The molecule has 0 unspecified atom stereocenters. The average molecular weight is 458 g/mol. The Balaban J connectivity index is 1.74. The predicted molar refractivity (Wildman–Crippen MR) is 126 cm³/mol. The summed E-state index contributed by atoms with van der Waals surface area (Å²) in [4.78, 5) is 13.3. The van der Waals surface area contributed by atoms with E-state index in [1.807, 2.05) is 34.9 Å². The van der Waals surface area contributed by atoms with Crippen molar-refractivity contribution in [3.8, 4) is 0 Å². The van der Waals surface area contributed by atoms with Crippen LogP contribution in [0.15, 0.2) is 42.5 Å². The molecule has 0 aliphatic heterocycles. The number of carbonyl (C=O) groups excluding carboxylic acids is 1. The Bertz CT molecular complexity index is 1150. The molecule has 1 heterocycles. The number of hydrogen-bond acceptors (Lipinski definition) is 3. The maximum Gasteiger partial charge on any atom is 0.268 e. The summed E-state index contributed by atoms with van der Waals surface area (Å²) in [5.41, 5.74) is 14.4. The topological polar surface area (TPSA) is 110 Å². The van der Waals surface area contributed by atoms with Gasteiger partial charge < -0.3 is 21.4 Å². The molecule has 2 aromatic carbocycles. The molecule has 0 saturated heterocycles. The van der Waals surface area contributed by atoms with Crippen LogP contribution in [0.1, 0.15) is 47.3 Å². The fraction of sp³-hybridized carbons (Fsp3) is 0.304. The first-order valence-corrected chi connectivity index (χ1v) is 11.1. The maximum absolute atomic E-state index is 13.3. The van der Waals surface area contributed by atoms with Gasteiger partial charge in [0.25, 0.3) is 5.91 Å². The zero-order chi connectivity index (χ0) is 22.1. The van der Waals surface area contributed by atoms with Crippen molar-refractivity contribution in [3.63, 3.8) is 0 Å². The number of rotatable bonds is 5. The second-order valence-corrected chi connectivity index (χ2v) is 8.89. The van der Waals surface area contributed by atoms with Gasteiger partial charge in [-0.2, -0.15) is 0 Å².